The van der Waals surface area contributed by atoms with E-state index in [4.69, 9.17) is 14.2 Å². The van der Waals surface area contributed by atoms with Crippen LogP contribution in [0.2, 0.25) is 0 Å². The van der Waals surface area contributed by atoms with Gasteiger partial charge in [-0.15, -0.1) is 0 Å². The number of aromatic nitrogens is 3. The van der Waals surface area contributed by atoms with E-state index in [1.807, 2.05) is 30.5 Å². The Morgan fingerprint density at radius 3 is 2.93 bits per heavy atom. The fourth-order valence-corrected chi connectivity index (χ4v) is 3.85. The fraction of sp³-hybridized carbons (Fsp3) is 0.182. The van der Waals surface area contributed by atoms with Crippen LogP contribution in [0.3, 0.4) is 0 Å². The van der Waals surface area contributed by atoms with Gasteiger partial charge in [0.15, 0.2) is 23.4 Å². The number of hydrogen-bond donors (Lipinski definition) is 0. The van der Waals surface area contributed by atoms with Crippen molar-refractivity contribution >= 4 is 21.4 Å². The number of benzene rings is 1. The number of methoxy groups -OCH3 is 1. The number of pyridine rings is 2. The molecule has 0 aliphatic carbocycles. The van der Waals surface area contributed by atoms with Gasteiger partial charge >= 0.3 is 0 Å². The van der Waals surface area contributed by atoms with Gasteiger partial charge in [0.1, 0.15) is 6.61 Å². The van der Waals surface area contributed by atoms with Gasteiger partial charge in [-0.3, -0.25) is 0 Å². The monoisotopic (exact) mass is 469 g/mol. The normalized spacial score (nSPS) is 15.4. The van der Waals surface area contributed by atoms with Crippen LogP contribution in [0.15, 0.2) is 59.5 Å². The van der Waals surface area contributed by atoms with Crippen LogP contribution >= 0.6 is 15.9 Å². The lowest BCUT2D eigenvalue weighted by Crippen LogP contribution is -2.22. The first-order valence-electron chi connectivity index (χ1n) is 9.34. The summed E-state index contributed by atoms with van der Waals surface area (Å²) in [6, 6.07) is 10.8. The van der Waals surface area contributed by atoms with Crippen molar-refractivity contribution in [2.45, 2.75) is 12.5 Å². The van der Waals surface area contributed by atoms with Crippen LogP contribution in [0.25, 0.3) is 5.52 Å². The van der Waals surface area contributed by atoms with Gasteiger partial charge in [-0.2, -0.15) is 5.10 Å². The largest absolute Gasteiger partial charge is 0.485 e. The molecule has 3 aromatic heterocycles. The third-order valence-electron chi connectivity index (χ3n) is 5.01. The van der Waals surface area contributed by atoms with Crippen LogP contribution in [0.4, 0.5) is 4.39 Å². The minimum atomic E-state index is -0.451. The van der Waals surface area contributed by atoms with E-state index in [2.05, 4.69) is 26.0 Å². The molecule has 1 aliphatic rings. The van der Waals surface area contributed by atoms with Gasteiger partial charge < -0.3 is 14.2 Å². The predicted molar refractivity (Wildman–Crippen MR) is 112 cm³/mol. The molecule has 4 heterocycles. The van der Waals surface area contributed by atoms with E-state index in [1.165, 1.54) is 6.07 Å². The number of halogens is 2. The summed E-state index contributed by atoms with van der Waals surface area (Å²) in [7, 11) is 1.55. The van der Waals surface area contributed by atoms with Gasteiger partial charge in [-0.25, -0.2) is 13.9 Å². The Morgan fingerprint density at radius 2 is 2.13 bits per heavy atom. The summed E-state index contributed by atoms with van der Waals surface area (Å²) in [5.74, 6) is 0.580. The third-order valence-corrected chi connectivity index (χ3v) is 5.48. The van der Waals surface area contributed by atoms with Crippen molar-refractivity contribution < 1.29 is 18.6 Å². The number of nitrogens with zero attached hydrogens (tertiary/aromatic N) is 3. The topological polar surface area (TPSA) is 57.9 Å². The molecule has 0 fully saturated rings. The SMILES string of the molecule is COc1ccc(C2COc3cc(Cc4cnn5cc(Br)ccc45)cc(F)c3O2)cn1. The zero-order chi connectivity index (χ0) is 20.7. The van der Waals surface area contributed by atoms with Crippen molar-refractivity contribution in [3.8, 4) is 17.4 Å². The smallest absolute Gasteiger partial charge is 0.212 e. The molecular weight excluding hydrogens is 453 g/mol. The summed E-state index contributed by atoms with van der Waals surface area (Å²) in [4.78, 5) is 4.17. The Kier molecular flexibility index (Phi) is 4.78. The van der Waals surface area contributed by atoms with Crippen molar-refractivity contribution in [2.24, 2.45) is 0 Å². The van der Waals surface area contributed by atoms with E-state index < -0.39 is 11.9 Å². The van der Waals surface area contributed by atoms with Gasteiger partial charge in [0.25, 0.3) is 0 Å². The molecule has 6 nitrogen and oxygen atoms in total. The van der Waals surface area contributed by atoms with E-state index in [1.54, 1.807) is 30.1 Å². The number of hydrogen-bond acceptors (Lipinski definition) is 5. The third kappa shape index (κ3) is 3.47. The lowest BCUT2D eigenvalue weighted by atomic mass is 10.0. The molecule has 30 heavy (non-hydrogen) atoms. The Balaban J connectivity index is 1.39. The summed E-state index contributed by atoms with van der Waals surface area (Å²) in [5.41, 5.74) is 3.56. The summed E-state index contributed by atoms with van der Waals surface area (Å²) in [5, 5.41) is 4.36. The quantitative estimate of drug-likeness (QED) is 0.431. The molecule has 0 amide bonds. The van der Waals surface area contributed by atoms with Gasteiger partial charge in [0, 0.05) is 40.5 Å². The molecular formula is C22H17BrFN3O3. The molecule has 0 bridgehead atoms. The lowest BCUT2D eigenvalue weighted by molar-refractivity contribution is 0.0853. The van der Waals surface area contributed by atoms with E-state index in [0.29, 0.717) is 18.1 Å². The number of ether oxygens (including phenoxy) is 3. The highest BCUT2D eigenvalue weighted by molar-refractivity contribution is 9.10. The van der Waals surface area contributed by atoms with Crippen molar-refractivity contribution in [1.29, 1.82) is 0 Å². The van der Waals surface area contributed by atoms with E-state index in [-0.39, 0.29) is 12.4 Å². The minimum absolute atomic E-state index is 0.120. The molecule has 0 saturated heterocycles. The Labute approximate surface area is 180 Å². The molecule has 4 aromatic rings. The molecule has 8 heteroatoms. The van der Waals surface area contributed by atoms with Crippen LogP contribution in [-0.4, -0.2) is 28.3 Å². The van der Waals surface area contributed by atoms with Crippen LogP contribution in [0.1, 0.15) is 22.8 Å². The van der Waals surface area contributed by atoms with Crippen LogP contribution in [-0.2, 0) is 6.42 Å². The molecule has 1 aromatic carbocycles. The molecule has 0 radical (unpaired) electrons. The van der Waals surface area contributed by atoms with Gasteiger partial charge in [-0.05, 0) is 51.8 Å². The molecule has 152 valence electrons. The van der Waals surface area contributed by atoms with Gasteiger partial charge in [0.2, 0.25) is 5.88 Å². The average molecular weight is 470 g/mol. The molecule has 1 atom stereocenters. The van der Waals surface area contributed by atoms with Gasteiger partial charge in [0.05, 0.1) is 18.8 Å². The second kappa shape index (κ2) is 7.60. The average Bonchev–Trinajstić information content (AvgIpc) is 3.15. The Bertz CT molecular complexity index is 1230. The molecule has 0 N–H and O–H groups in total. The molecule has 5 rings (SSSR count). The van der Waals surface area contributed by atoms with Crippen LogP contribution < -0.4 is 14.2 Å². The van der Waals surface area contributed by atoms with Crippen molar-refractivity contribution in [2.75, 3.05) is 13.7 Å². The predicted octanol–water partition coefficient (Wildman–Crippen LogP) is 4.74. The van der Waals surface area contributed by atoms with E-state index in [9.17, 15) is 4.39 Å². The van der Waals surface area contributed by atoms with Gasteiger partial charge in [-0.1, -0.05) is 0 Å². The van der Waals surface area contributed by atoms with Crippen molar-refractivity contribution in [3.63, 3.8) is 0 Å². The summed E-state index contributed by atoms with van der Waals surface area (Å²) in [6.07, 6.45) is 5.42. The maximum atomic E-state index is 14.9. The first-order chi connectivity index (χ1) is 14.6. The zero-order valence-electron chi connectivity index (χ0n) is 16.0. The van der Waals surface area contributed by atoms with Crippen LogP contribution in [0.5, 0.6) is 17.4 Å². The maximum Gasteiger partial charge on any atom is 0.212 e. The fourth-order valence-electron chi connectivity index (χ4n) is 3.52. The minimum Gasteiger partial charge on any atom is -0.485 e. The first kappa shape index (κ1) is 18.9. The highest BCUT2D eigenvalue weighted by Crippen LogP contribution is 2.40. The summed E-state index contributed by atoms with van der Waals surface area (Å²) < 4.78 is 34.4. The van der Waals surface area contributed by atoms with Crippen molar-refractivity contribution in [1.82, 2.24) is 14.6 Å². The number of rotatable bonds is 4. The summed E-state index contributed by atoms with van der Waals surface area (Å²) >= 11 is 3.44. The second-order valence-corrected chi connectivity index (χ2v) is 7.90. The highest BCUT2D eigenvalue weighted by atomic mass is 79.9. The molecule has 0 saturated carbocycles. The summed E-state index contributed by atoms with van der Waals surface area (Å²) in [6.45, 7) is 0.272. The van der Waals surface area contributed by atoms with Crippen molar-refractivity contribution in [3.05, 3.63) is 82.0 Å². The highest BCUT2D eigenvalue weighted by Gasteiger charge is 2.26. The lowest BCUT2D eigenvalue weighted by Gasteiger charge is -2.27. The van der Waals surface area contributed by atoms with E-state index >= 15 is 0 Å². The standard InChI is InChI=1S/C22H17BrFN3O3/c1-28-21-5-2-14(9-25-21)20-12-29-19-8-13(7-17(24)22(19)30-20)6-15-10-26-27-11-16(23)3-4-18(15)27/h2-5,7-11,20H,6,12H2,1H3. The Morgan fingerprint density at radius 1 is 1.23 bits per heavy atom. The molecule has 1 unspecified atom stereocenters. The number of fused-ring (bicyclic) bond motifs is 2. The second-order valence-electron chi connectivity index (χ2n) is 6.98. The zero-order valence-corrected chi connectivity index (χ0v) is 17.6. The maximum absolute atomic E-state index is 14.9. The van der Waals surface area contributed by atoms with E-state index in [0.717, 1.165) is 26.7 Å². The first-order valence-corrected chi connectivity index (χ1v) is 10.1. The molecule has 1 aliphatic heterocycles. The van der Waals surface area contributed by atoms with Crippen LogP contribution in [0, 0.1) is 5.82 Å². The Hall–Kier alpha value is -3.13. The molecule has 0 spiro atoms.